The maximum Gasteiger partial charge on any atom is 0.265 e. The highest BCUT2D eigenvalue weighted by molar-refractivity contribution is 7.18. The molecule has 4 rings (SSSR count). The van der Waals surface area contributed by atoms with E-state index in [1.54, 1.807) is 12.1 Å². The predicted molar refractivity (Wildman–Crippen MR) is 97.9 cm³/mol. The lowest BCUT2D eigenvalue weighted by molar-refractivity contribution is 0.103. The van der Waals surface area contributed by atoms with Crippen LogP contribution in [-0.4, -0.2) is 15.3 Å². The van der Waals surface area contributed by atoms with Crippen LogP contribution in [0.25, 0.3) is 16.9 Å². The molecule has 0 spiro atoms. The van der Waals surface area contributed by atoms with Gasteiger partial charge in [0.1, 0.15) is 5.65 Å². The van der Waals surface area contributed by atoms with Crippen molar-refractivity contribution in [1.29, 1.82) is 0 Å². The van der Waals surface area contributed by atoms with Gasteiger partial charge in [0, 0.05) is 23.6 Å². The van der Waals surface area contributed by atoms with Gasteiger partial charge in [-0.2, -0.15) is 0 Å². The Morgan fingerprint density at radius 1 is 1.08 bits per heavy atom. The van der Waals surface area contributed by atoms with Crippen molar-refractivity contribution in [2.75, 3.05) is 5.32 Å². The number of nitrogens with one attached hydrogen (secondary N) is 1. The van der Waals surface area contributed by atoms with Crippen LogP contribution in [0.3, 0.4) is 0 Å². The van der Waals surface area contributed by atoms with Gasteiger partial charge >= 0.3 is 0 Å². The number of anilines is 1. The van der Waals surface area contributed by atoms with E-state index in [1.165, 1.54) is 11.3 Å². The number of hydrogen-bond acceptors (Lipinski definition) is 3. The molecule has 0 saturated heterocycles. The molecule has 6 heteroatoms. The third kappa shape index (κ3) is 2.91. The zero-order chi connectivity index (χ0) is 16.5. The molecule has 0 atom stereocenters. The smallest absolute Gasteiger partial charge is 0.265 e. The zero-order valence-electron chi connectivity index (χ0n) is 12.4. The number of imidazole rings is 1. The van der Waals surface area contributed by atoms with Crippen molar-refractivity contribution in [1.82, 2.24) is 9.38 Å². The quantitative estimate of drug-likeness (QED) is 0.565. The molecular formula is C18H12ClN3OS. The normalized spacial score (nSPS) is 10.9. The Kier molecular flexibility index (Phi) is 3.80. The summed E-state index contributed by atoms with van der Waals surface area (Å²) in [6, 6.07) is 16.9. The zero-order valence-corrected chi connectivity index (χ0v) is 14.0. The third-order valence-corrected chi connectivity index (χ3v) is 4.83. The number of rotatable bonds is 3. The van der Waals surface area contributed by atoms with Crippen molar-refractivity contribution in [2.24, 2.45) is 0 Å². The lowest BCUT2D eigenvalue weighted by atomic mass is 10.1. The fourth-order valence-electron chi connectivity index (χ4n) is 2.43. The molecule has 0 fully saturated rings. The fourth-order valence-corrected chi connectivity index (χ4v) is 3.37. The van der Waals surface area contributed by atoms with E-state index in [1.807, 2.05) is 59.3 Å². The lowest BCUT2D eigenvalue weighted by Crippen LogP contribution is -2.09. The van der Waals surface area contributed by atoms with Gasteiger partial charge in [-0.1, -0.05) is 29.8 Å². The van der Waals surface area contributed by atoms with Gasteiger partial charge in [0.2, 0.25) is 0 Å². The molecule has 0 bridgehead atoms. The van der Waals surface area contributed by atoms with Crippen LogP contribution in [0.15, 0.2) is 67.0 Å². The van der Waals surface area contributed by atoms with E-state index in [2.05, 4.69) is 10.3 Å². The summed E-state index contributed by atoms with van der Waals surface area (Å²) in [5.41, 5.74) is 3.52. The molecule has 1 aromatic carbocycles. The van der Waals surface area contributed by atoms with Crippen molar-refractivity contribution in [3.05, 3.63) is 76.2 Å². The minimum Gasteiger partial charge on any atom is -0.321 e. The second-order valence-electron chi connectivity index (χ2n) is 5.23. The van der Waals surface area contributed by atoms with Crippen LogP contribution in [0.1, 0.15) is 9.67 Å². The average Bonchev–Trinajstić information content (AvgIpc) is 3.21. The summed E-state index contributed by atoms with van der Waals surface area (Å²) in [7, 11) is 0. The van der Waals surface area contributed by atoms with E-state index >= 15 is 0 Å². The maximum absolute atomic E-state index is 12.1. The molecule has 118 valence electrons. The van der Waals surface area contributed by atoms with Gasteiger partial charge in [-0.05, 0) is 36.4 Å². The van der Waals surface area contributed by atoms with Gasteiger partial charge in [0.15, 0.2) is 0 Å². The van der Waals surface area contributed by atoms with E-state index in [9.17, 15) is 4.79 Å². The fraction of sp³-hybridized carbons (Fsp3) is 0. The number of fused-ring (bicyclic) bond motifs is 1. The number of hydrogen-bond donors (Lipinski definition) is 1. The van der Waals surface area contributed by atoms with Gasteiger partial charge in [-0.3, -0.25) is 4.79 Å². The molecule has 0 unspecified atom stereocenters. The molecule has 3 aromatic heterocycles. The van der Waals surface area contributed by atoms with Gasteiger partial charge in [-0.25, -0.2) is 4.98 Å². The Morgan fingerprint density at radius 2 is 1.92 bits per heavy atom. The number of amides is 1. The maximum atomic E-state index is 12.1. The van der Waals surface area contributed by atoms with E-state index in [0.29, 0.717) is 9.21 Å². The average molecular weight is 354 g/mol. The van der Waals surface area contributed by atoms with Gasteiger partial charge in [-0.15, -0.1) is 11.3 Å². The molecule has 0 radical (unpaired) electrons. The van der Waals surface area contributed by atoms with E-state index < -0.39 is 0 Å². The standard InChI is InChI=1S/C18H12ClN3OS/c19-16-9-8-15(24-16)18(23)20-13-6-4-12(5-7-13)14-11-22-10-2-1-3-17(22)21-14/h1-11H,(H,20,23). The Labute approximate surface area is 147 Å². The molecule has 0 aliphatic carbocycles. The van der Waals surface area contributed by atoms with Crippen LogP contribution in [-0.2, 0) is 0 Å². The Morgan fingerprint density at radius 3 is 2.62 bits per heavy atom. The highest BCUT2D eigenvalue weighted by Crippen LogP contribution is 2.24. The van der Waals surface area contributed by atoms with Crippen LogP contribution in [0, 0.1) is 0 Å². The number of aromatic nitrogens is 2. The van der Waals surface area contributed by atoms with Gasteiger partial charge in [0.05, 0.1) is 14.9 Å². The number of thiophene rings is 1. The SMILES string of the molecule is O=C(Nc1ccc(-c2cn3ccccc3n2)cc1)c1ccc(Cl)s1. The summed E-state index contributed by atoms with van der Waals surface area (Å²) in [6.07, 6.45) is 3.95. The number of pyridine rings is 1. The number of benzene rings is 1. The Balaban J connectivity index is 1.55. The number of nitrogens with zero attached hydrogens (tertiary/aromatic N) is 2. The predicted octanol–water partition coefficient (Wildman–Crippen LogP) is 4.97. The van der Waals surface area contributed by atoms with E-state index in [-0.39, 0.29) is 5.91 Å². The minimum atomic E-state index is -0.160. The molecule has 4 nitrogen and oxygen atoms in total. The first-order chi connectivity index (χ1) is 11.7. The minimum absolute atomic E-state index is 0.160. The van der Waals surface area contributed by atoms with Crippen molar-refractivity contribution >= 4 is 40.2 Å². The number of carbonyl (C=O) groups is 1. The van der Waals surface area contributed by atoms with Crippen LogP contribution < -0.4 is 5.32 Å². The first-order valence-electron chi connectivity index (χ1n) is 7.30. The molecule has 1 amide bonds. The summed E-state index contributed by atoms with van der Waals surface area (Å²) >= 11 is 7.12. The largest absolute Gasteiger partial charge is 0.321 e. The third-order valence-electron chi connectivity index (χ3n) is 3.60. The van der Waals surface area contributed by atoms with Crippen molar-refractivity contribution < 1.29 is 4.79 Å². The molecule has 0 aliphatic rings. The molecule has 0 saturated carbocycles. The second-order valence-corrected chi connectivity index (χ2v) is 6.94. The summed E-state index contributed by atoms with van der Waals surface area (Å²) in [5.74, 6) is -0.160. The first-order valence-corrected chi connectivity index (χ1v) is 8.49. The van der Waals surface area contributed by atoms with Crippen LogP contribution in [0.4, 0.5) is 5.69 Å². The molecule has 1 N–H and O–H groups in total. The van der Waals surface area contributed by atoms with Crippen LogP contribution >= 0.6 is 22.9 Å². The first kappa shape index (κ1) is 14.9. The summed E-state index contributed by atoms with van der Waals surface area (Å²) < 4.78 is 2.58. The summed E-state index contributed by atoms with van der Waals surface area (Å²) in [5, 5.41) is 2.86. The topological polar surface area (TPSA) is 46.4 Å². The van der Waals surface area contributed by atoms with Crippen molar-refractivity contribution in [2.45, 2.75) is 0 Å². The van der Waals surface area contributed by atoms with E-state index in [0.717, 1.165) is 22.6 Å². The molecule has 0 aliphatic heterocycles. The van der Waals surface area contributed by atoms with Gasteiger partial charge < -0.3 is 9.72 Å². The van der Waals surface area contributed by atoms with Crippen molar-refractivity contribution in [3.8, 4) is 11.3 Å². The number of halogens is 1. The summed E-state index contributed by atoms with van der Waals surface area (Å²) in [6.45, 7) is 0. The lowest BCUT2D eigenvalue weighted by Gasteiger charge is -2.04. The Hall–Kier alpha value is -2.63. The molecule has 24 heavy (non-hydrogen) atoms. The monoisotopic (exact) mass is 353 g/mol. The highest BCUT2D eigenvalue weighted by atomic mass is 35.5. The van der Waals surface area contributed by atoms with Crippen LogP contribution in [0.5, 0.6) is 0 Å². The van der Waals surface area contributed by atoms with Crippen LogP contribution in [0.2, 0.25) is 4.34 Å². The molecular weight excluding hydrogens is 342 g/mol. The molecule has 4 aromatic rings. The molecule has 3 heterocycles. The second kappa shape index (κ2) is 6.11. The summed E-state index contributed by atoms with van der Waals surface area (Å²) in [4.78, 5) is 17.3. The van der Waals surface area contributed by atoms with E-state index in [4.69, 9.17) is 11.6 Å². The highest BCUT2D eigenvalue weighted by Gasteiger charge is 2.09. The Bertz CT molecular complexity index is 987. The van der Waals surface area contributed by atoms with Gasteiger partial charge in [0.25, 0.3) is 5.91 Å². The van der Waals surface area contributed by atoms with Crippen molar-refractivity contribution in [3.63, 3.8) is 0 Å². The number of carbonyl (C=O) groups excluding carboxylic acids is 1.